The van der Waals surface area contributed by atoms with Gasteiger partial charge in [0.15, 0.2) is 11.4 Å². The van der Waals surface area contributed by atoms with Crippen molar-refractivity contribution in [2.45, 2.75) is 56.5 Å². The number of nitrogens with one attached hydrogen (secondary N) is 2. The van der Waals surface area contributed by atoms with Gasteiger partial charge >= 0.3 is 6.18 Å². The van der Waals surface area contributed by atoms with Gasteiger partial charge in [0.1, 0.15) is 22.8 Å². The molecule has 5 atom stereocenters. The van der Waals surface area contributed by atoms with E-state index in [9.17, 15) is 48.0 Å². The lowest BCUT2D eigenvalue weighted by Gasteiger charge is -2.49. The summed E-state index contributed by atoms with van der Waals surface area (Å²) in [4.78, 5) is 38.8. The number of rotatable bonds is 4. The minimum absolute atomic E-state index is 0.148. The number of amides is 1. The van der Waals surface area contributed by atoms with Gasteiger partial charge in [0.05, 0.1) is 17.2 Å². The number of Topliss-reactive ketones (excluding diaryl/α,β-unsaturated/α-hetero) is 2. The van der Waals surface area contributed by atoms with E-state index in [0.717, 1.165) is 6.07 Å². The Labute approximate surface area is 220 Å². The quantitative estimate of drug-likeness (QED) is 0.272. The number of aliphatic hydroxyl groups is 3. The summed E-state index contributed by atoms with van der Waals surface area (Å²) in [5.41, 5.74) is -1.24. The first kappa shape index (κ1) is 27.2. The van der Waals surface area contributed by atoms with Crippen LogP contribution in [-0.2, 0) is 27.0 Å². The Hall–Kier alpha value is -3.42. The maximum Gasteiger partial charge on any atom is 0.417 e. The van der Waals surface area contributed by atoms with E-state index >= 15 is 0 Å². The predicted octanol–water partition coefficient (Wildman–Crippen LogP) is 1.46. The van der Waals surface area contributed by atoms with Crippen molar-refractivity contribution in [3.8, 4) is 5.75 Å². The molecule has 1 saturated heterocycles. The van der Waals surface area contributed by atoms with Crippen LogP contribution >= 0.6 is 0 Å². The van der Waals surface area contributed by atoms with Gasteiger partial charge in [-0.15, -0.1) is 0 Å². The zero-order valence-corrected chi connectivity index (χ0v) is 20.9. The molecule has 1 amide bonds. The van der Waals surface area contributed by atoms with Crippen molar-refractivity contribution in [3.63, 3.8) is 0 Å². The van der Waals surface area contributed by atoms with Crippen LogP contribution in [0.5, 0.6) is 5.75 Å². The van der Waals surface area contributed by atoms with Crippen LogP contribution in [0, 0.1) is 11.8 Å². The molecule has 1 aromatic carbocycles. The van der Waals surface area contributed by atoms with Gasteiger partial charge in [0, 0.05) is 17.5 Å². The maximum atomic E-state index is 14.5. The number of aliphatic hydroxyl groups excluding tert-OH is 2. The normalized spacial score (nSPS) is 30.8. The number of hydrogen-bond donors (Lipinski definition) is 7. The van der Waals surface area contributed by atoms with Gasteiger partial charge in [-0.3, -0.25) is 14.4 Å². The molecule has 2 fully saturated rings. The van der Waals surface area contributed by atoms with Crippen LogP contribution in [0.15, 0.2) is 23.0 Å². The molecule has 1 saturated carbocycles. The van der Waals surface area contributed by atoms with Gasteiger partial charge in [0.25, 0.3) is 5.91 Å². The van der Waals surface area contributed by atoms with Gasteiger partial charge in [-0.2, -0.15) is 13.2 Å². The molecule has 0 unspecified atom stereocenters. The van der Waals surface area contributed by atoms with Crippen LogP contribution in [0.3, 0.4) is 0 Å². The summed E-state index contributed by atoms with van der Waals surface area (Å²) in [6.07, 6.45) is -4.55. The Kier molecular flexibility index (Phi) is 6.31. The number of primary amides is 1. The first-order valence-electron chi connectivity index (χ1n) is 12.7. The standard InChI is InChI=1S/C26H28F3N3O7/c1-2-31-19-12-7-9-6-11-16(14(33)8-10(13-4-3-5-32-13)18(11)26(27,28)29)20(34)15(9)22(36)25(12,39)23(37)17(21(19)35)24(30)38/h8-9,12-13,19,31-34,37,39H,2-7H2,1H3,(H2,30,38)/t9-,12-,13-,19-,25-/m0/s1. The topological polar surface area (TPSA) is 182 Å². The Morgan fingerprint density at radius 3 is 2.51 bits per heavy atom. The number of benzene rings is 1. The predicted molar refractivity (Wildman–Crippen MR) is 129 cm³/mol. The monoisotopic (exact) mass is 551 g/mol. The van der Waals surface area contributed by atoms with Gasteiger partial charge in [-0.05, 0) is 61.9 Å². The SMILES string of the molecule is CCN[C@@H]1C(=O)C(C(N)=O)=C(O)[C@@]2(O)C(=O)C3=C(O)c4c(O)cc([C@@H]5CCCN5)c(C(F)(F)F)c4C[C@H]3C[C@@H]12. The Morgan fingerprint density at radius 2 is 1.95 bits per heavy atom. The molecule has 10 nitrogen and oxygen atoms in total. The molecule has 5 rings (SSSR count). The van der Waals surface area contributed by atoms with E-state index in [2.05, 4.69) is 10.6 Å². The van der Waals surface area contributed by atoms with Crippen molar-refractivity contribution >= 4 is 23.2 Å². The number of nitrogens with two attached hydrogens (primary N) is 1. The highest BCUT2D eigenvalue weighted by molar-refractivity contribution is 6.24. The van der Waals surface area contributed by atoms with E-state index in [1.165, 1.54) is 0 Å². The van der Waals surface area contributed by atoms with E-state index in [4.69, 9.17) is 5.73 Å². The van der Waals surface area contributed by atoms with Crippen LogP contribution in [-0.4, -0.2) is 62.6 Å². The third kappa shape index (κ3) is 3.78. The number of halogens is 3. The van der Waals surface area contributed by atoms with E-state index in [1.807, 2.05) is 0 Å². The first-order valence-corrected chi connectivity index (χ1v) is 12.7. The zero-order chi connectivity index (χ0) is 28.6. The molecular weight excluding hydrogens is 523 g/mol. The summed E-state index contributed by atoms with van der Waals surface area (Å²) < 4.78 is 43.5. The summed E-state index contributed by atoms with van der Waals surface area (Å²) >= 11 is 0. The summed E-state index contributed by atoms with van der Waals surface area (Å²) in [6.45, 7) is 2.26. The van der Waals surface area contributed by atoms with Gasteiger partial charge in [-0.1, -0.05) is 6.92 Å². The average molecular weight is 552 g/mol. The second-order valence-electron chi connectivity index (χ2n) is 10.4. The summed E-state index contributed by atoms with van der Waals surface area (Å²) in [5, 5.41) is 50.1. The zero-order valence-electron chi connectivity index (χ0n) is 20.9. The highest BCUT2D eigenvalue weighted by Gasteiger charge is 2.64. The van der Waals surface area contributed by atoms with Crippen LogP contribution in [0.2, 0.25) is 0 Å². The lowest BCUT2D eigenvalue weighted by Crippen LogP contribution is -2.66. The van der Waals surface area contributed by atoms with Crippen molar-refractivity contribution in [2.24, 2.45) is 17.6 Å². The lowest BCUT2D eigenvalue weighted by molar-refractivity contribution is -0.150. The minimum atomic E-state index is -4.86. The van der Waals surface area contributed by atoms with Crippen molar-refractivity contribution in [3.05, 3.63) is 45.2 Å². The number of alkyl halides is 3. The van der Waals surface area contributed by atoms with E-state index in [1.54, 1.807) is 6.92 Å². The lowest BCUT2D eigenvalue weighted by atomic mass is 9.57. The van der Waals surface area contributed by atoms with Crippen LogP contribution in [0.4, 0.5) is 13.2 Å². The number of aromatic hydroxyl groups is 1. The number of hydrogen-bond acceptors (Lipinski definition) is 9. The molecule has 4 aliphatic rings. The fourth-order valence-corrected chi connectivity index (χ4v) is 6.79. The Morgan fingerprint density at radius 1 is 1.26 bits per heavy atom. The number of carbonyl (C=O) groups excluding carboxylic acids is 3. The summed E-state index contributed by atoms with van der Waals surface area (Å²) in [7, 11) is 0. The molecule has 1 aliphatic heterocycles. The third-order valence-electron chi connectivity index (χ3n) is 8.38. The number of likely N-dealkylation sites (N-methyl/N-ethyl adjacent to an activating group) is 1. The highest BCUT2D eigenvalue weighted by atomic mass is 19.4. The van der Waals surface area contributed by atoms with Crippen molar-refractivity contribution in [1.82, 2.24) is 10.6 Å². The molecule has 13 heteroatoms. The molecule has 0 bridgehead atoms. The van der Waals surface area contributed by atoms with E-state index in [0.29, 0.717) is 19.4 Å². The first-order chi connectivity index (χ1) is 18.2. The van der Waals surface area contributed by atoms with Crippen molar-refractivity contribution in [1.29, 1.82) is 0 Å². The molecule has 0 spiro atoms. The molecule has 3 aliphatic carbocycles. The smallest absolute Gasteiger partial charge is 0.417 e. The van der Waals surface area contributed by atoms with Gasteiger partial charge in [-0.25, -0.2) is 0 Å². The second kappa shape index (κ2) is 9.07. The highest BCUT2D eigenvalue weighted by Crippen LogP contribution is 2.54. The van der Waals surface area contributed by atoms with Crippen LogP contribution < -0.4 is 16.4 Å². The number of carbonyl (C=O) groups is 3. The maximum absolute atomic E-state index is 14.5. The number of ketones is 2. The Balaban J connectivity index is 1.75. The average Bonchev–Trinajstić information content (AvgIpc) is 3.37. The largest absolute Gasteiger partial charge is 0.508 e. The van der Waals surface area contributed by atoms with E-state index < -0.39 is 105 Å². The molecule has 0 radical (unpaired) electrons. The molecule has 8 N–H and O–H groups in total. The fraction of sp³-hybridized carbons (Fsp3) is 0.500. The molecule has 1 aromatic rings. The van der Waals surface area contributed by atoms with Crippen molar-refractivity contribution in [2.75, 3.05) is 13.1 Å². The van der Waals surface area contributed by atoms with Gasteiger partial charge < -0.3 is 36.8 Å². The fourth-order valence-electron chi connectivity index (χ4n) is 6.79. The van der Waals surface area contributed by atoms with Crippen LogP contribution in [0.1, 0.15) is 54.5 Å². The number of phenolic OH excluding ortho intramolecular Hbond substituents is 1. The van der Waals surface area contributed by atoms with Crippen molar-refractivity contribution < 1.29 is 48.0 Å². The van der Waals surface area contributed by atoms with Crippen LogP contribution in [0.25, 0.3) is 5.76 Å². The minimum Gasteiger partial charge on any atom is -0.508 e. The third-order valence-corrected chi connectivity index (χ3v) is 8.38. The second-order valence-corrected chi connectivity index (χ2v) is 10.4. The molecule has 39 heavy (non-hydrogen) atoms. The Bertz CT molecular complexity index is 1360. The molecule has 1 heterocycles. The summed E-state index contributed by atoms with van der Waals surface area (Å²) in [5.74, 6) is -9.00. The number of fused-ring (bicyclic) bond motifs is 3. The summed E-state index contributed by atoms with van der Waals surface area (Å²) in [6, 6.07) is -1.11. The molecule has 0 aromatic heterocycles. The van der Waals surface area contributed by atoms with Gasteiger partial charge in [0.2, 0.25) is 5.78 Å². The molecule has 210 valence electrons. The van der Waals surface area contributed by atoms with E-state index in [-0.39, 0.29) is 18.5 Å². The molecular formula is C26H28F3N3O7. The number of phenols is 1.